The molecule has 0 spiro atoms. The van der Waals surface area contributed by atoms with Gasteiger partial charge in [0.15, 0.2) is 6.04 Å². The number of halogens is 1. The Kier molecular flexibility index (Phi) is 6.74. The summed E-state index contributed by atoms with van der Waals surface area (Å²) in [7, 11) is 0. The molecular weight excluding hydrogens is 422 g/mol. The Balaban J connectivity index is 1.94. The predicted molar refractivity (Wildman–Crippen MR) is 119 cm³/mol. The summed E-state index contributed by atoms with van der Waals surface area (Å²) in [5, 5.41) is 27.7. The molecule has 0 aromatic heterocycles. The minimum absolute atomic E-state index is 0.0458. The van der Waals surface area contributed by atoms with E-state index in [1.54, 1.807) is 43.3 Å². The molecular formula is C22H20ClN3O5. The SMILES string of the molecule is Cc1cccc(Cl)c1NC(=O)Nc1cc2ccccc2cc1C(=O)N[C@@H](CO)C(=O)O. The van der Waals surface area contributed by atoms with E-state index in [1.807, 2.05) is 12.1 Å². The number of carboxylic acids is 1. The highest BCUT2D eigenvalue weighted by Gasteiger charge is 2.22. The first kappa shape index (κ1) is 22.1. The van der Waals surface area contributed by atoms with Crippen LogP contribution in [-0.2, 0) is 4.79 Å². The van der Waals surface area contributed by atoms with Crippen LogP contribution in [-0.4, -0.2) is 40.8 Å². The molecule has 31 heavy (non-hydrogen) atoms. The van der Waals surface area contributed by atoms with Crippen molar-refractivity contribution in [3.63, 3.8) is 0 Å². The molecule has 160 valence electrons. The van der Waals surface area contributed by atoms with Crippen molar-refractivity contribution in [2.45, 2.75) is 13.0 Å². The Morgan fingerprint density at radius 1 is 1.00 bits per heavy atom. The number of aryl methyl sites for hydroxylation is 1. The van der Waals surface area contributed by atoms with Crippen molar-refractivity contribution >= 4 is 51.7 Å². The Bertz CT molecular complexity index is 1140. The molecule has 3 amide bonds. The molecule has 0 aliphatic heterocycles. The van der Waals surface area contributed by atoms with Crippen molar-refractivity contribution < 1.29 is 24.6 Å². The number of carbonyl (C=O) groups is 3. The van der Waals surface area contributed by atoms with Gasteiger partial charge in [0.1, 0.15) is 0 Å². The van der Waals surface area contributed by atoms with Crippen LogP contribution in [0.3, 0.4) is 0 Å². The number of fused-ring (bicyclic) bond motifs is 1. The Hall–Kier alpha value is -3.62. The summed E-state index contributed by atoms with van der Waals surface area (Å²) >= 11 is 6.15. The molecule has 3 rings (SSSR count). The number of carbonyl (C=O) groups excluding carboxylic acids is 2. The van der Waals surface area contributed by atoms with E-state index in [2.05, 4.69) is 16.0 Å². The lowest BCUT2D eigenvalue weighted by atomic mass is 10.0. The molecule has 8 nitrogen and oxygen atoms in total. The van der Waals surface area contributed by atoms with E-state index >= 15 is 0 Å². The van der Waals surface area contributed by atoms with Crippen LogP contribution in [0.5, 0.6) is 0 Å². The maximum absolute atomic E-state index is 12.8. The molecule has 0 heterocycles. The van der Waals surface area contributed by atoms with E-state index in [1.165, 1.54) is 6.07 Å². The second-order valence-electron chi connectivity index (χ2n) is 6.80. The number of amides is 3. The predicted octanol–water partition coefficient (Wildman–Crippen LogP) is 3.62. The van der Waals surface area contributed by atoms with Crippen molar-refractivity contribution in [1.82, 2.24) is 5.32 Å². The normalized spacial score (nSPS) is 11.6. The van der Waals surface area contributed by atoms with E-state index in [9.17, 15) is 19.5 Å². The third-order valence-corrected chi connectivity index (χ3v) is 4.94. The van der Waals surface area contributed by atoms with Gasteiger partial charge in [0.25, 0.3) is 5.91 Å². The van der Waals surface area contributed by atoms with Gasteiger partial charge in [-0.3, -0.25) is 4.79 Å². The number of aliphatic hydroxyl groups is 1. The van der Waals surface area contributed by atoms with E-state index in [0.29, 0.717) is 10.7 Å². The summed E-state index contributed by atoms with van der Waals surface area (Å²) in [6.45, 7) is 1.01. The van der Waals surface area contributed by atoms with Crippen LogP contribution in [0, 0.1) is 6.92 Å². The lowest BCUT2D eigenvalue weighted by molar-refractivity contribution is -0.140. The van der Waals surface area contributed by atoms with Crippen molar-refractivity contribution in [2.24, 2.45) is 0 Å². The highest BCUT2D eigenvalue weighted by molar-refractivity contribution is 6.34. The van der Waals surface area contributed by atoms with Crippen LogP contribution < -0.4 is 16.0 Å². The lowest BCUT2D eigenvalue weighted by Gasteiger charge is -2.17. The number of aliphatic hydroxyl groups excluding tert-OH is 1. The fraction of sp³-hybridized carbons (Fsp3) is 0.136. The molecule has 0 fully saturated rings. The standard InChI is InChI=1S/C22H20ClN3O5/c1-12-5-4-8-16(23)19(12)26-22(31)25-17-10-14-7-3-2-6-13(14)9-15(17)20(28)24-18(11-27)21(29)30/h2-10,18,27H,11H2,1H3,(H,24,28)(H,29,30)(H2,25,26,31)/t18-/m0/s1. The average molecular weight is 442 g/mol. The minimum atomic E-state index is -1.48. The number of anilines is 2. The minimum Gasteiger partial charge on any atom is -0.480 e. The molecule has 3 aromatic rings. The number of rotatable bonds is 6. The number of carboxylic acid groups (broad SMARTS) is 1. The first-order valence-electron chi connectivity index (χ1n) is 9.30. The molecule has 5 N–H and O–H groups in total. The van der Waals surface area contributed by atoms with Crippen LogP contribution in [0.4, 0.5) is 16.2 Å². The Morgan fingerprint density at radius 2 is 1.68 bits per heavy atom. The van der Waals surface area contributed by atoms with E-state index in [-0.39, 0.29) is 11.3 Å². The molecule has 0 aliphatic rings. The Labute approximate surface area is 182 Å². The number of hydrogen-bond donors (Lipinski definition) is 5. The lowest BCUT2D eigenvalue weighted by Crippen LogP contribution is -2.43. The van der Waals surface area contributed by atoms with Crippen molar-refractivity contribution in [3.8, 4) is 0 Å². The van der Waals surface area contributed by atoms with Crippen molar-refractivity contribution in [2.75, 3.05) is 17.2 Å². The zero-order valence-corrected chi connectivity index (χ0v) is 17.2. The first-order valence-corrected chi connectivity index (χ1v) is 9.68. The number of urea groups is 1. The quantitative estimate of drug-likeness (QED) is 0.399. The van der Waals surface area contributed by atoms with E-state index in [4.69, 9.17) is 16.7 Å². The highest BCUT2D eigenvalue weighted by atomic mass is 35.5. The molecule has 0 aliphatic carbocycles. The number of para-hydroxylation sites is 1. The molecule has 3 aromatic carbocycles. The number of aliphatic carboxylic acids is 1. The van der Waals surface area contributed by atoms with Gasteiger partial charge in [-0.05, 0) is 41.5 Å². The third-order valence-electron chi connectivity index (χ3n) is 4.63. The largest absolute Gasteiger partial charge is 0.480 e. The maximum atomic E-state index is 12.8. The smallest absolute Gasteiger partial charge is 0.328 e. The molecule has 0 unspecified atom stereocenters. The summed E-state index contributed by atoms with van der Waals surface area (Å²) in [5.41, 5.74) is 1.40. The Morgan fingerprint density at radius 3 is 2.29 bits per heavy atom. The van der Waals surface area contributed by atoms with Crippen LogP contribution in [0.25, 0.3) is 10.8 Å². The van der Waals surface area contributed by atoms with Crippen molar-refractivity contribution in [3.05, 3.63) is 70.7 Å². The van der Waals surface area contributed by atoms with Crippen molar-refractivity contribution in [1.29, 1.82) is 0 Å². The van der Waals surface area contributed by atoms with Gasteiger partial charge in [0.2, 0.25) is 0 Å². The molecule has 0 saturated heterocycles. The van der Waals surface area contributed by atoms with Crippen LogP contribution in [0.1, 0.15) is 15.9 Å². The number of nitrogens with one attached hydrogen (secondary N) is 3. The number of hydrogen-bond acceptors (Lipinski definition) is 4. The zero-order valence-electron chi connectivity index (χ0n) is 16.5. The van der Waals surface area contributed by atoms with E-state index in [0.717, 1.165) is 16.3 Å². The van der Waals surface area contributed by atoms with Gasteiger partial charge in [0, 0.05) is 0 Å². The fourth-order valence-electron chi connectivity index (χ4n) is 3.01. The summed E-state index contributed by atoms with van der Waals surface area (Å²) in [6, 6.07) is 13.4. The highest BCUT2D eigenvalue weighted by Crippen LogP contribution is 2.27. The molecule has 1 atom stereocenters. The fourth-order valence-corrected chi connectivity index (χ4v) is 3.28. The van der Waals surface area contributed by atoms with E-state index < -0.39 is 30.6 Å². The van der Waals surface area contributed by atoms with Gasteiger partial charge in [-0.15, -0.1) is 0 Å². The second kappa shape index (κ2) is 9.46. The molecule has 9 heteroatoms. The zero-order chi connectivity index (χ0) is 22.5. The molecule has 0 saturated carbocycles. The van der Waals surface area contributed by atoms with Crippen LogP contribution >= 0.6 is 11.6 Å². The van der Waals surface area contributed by atoms with Gasteiger partial charge in [-0.1, -0.05) is 48.0 Å². The second-order valence-corrected chi connectivity index (χ2v) is 7.21. The summed E-state index contributed by atoms with van der Waals surface area (Å²) in [4.78, 5) is 36.6. The molecule has 0 radical (unpaired) electrons. The summed E-state index contributed by atoms with van der Waals surface area (Å²) in [6.07, 6.45) is 0. The van der Waals surface area contributed by atoms with Gasteiger partial charge in [0.05, 0.1) is 28.6 Å². The monoisotopic (exact) mass is 441 g/mol. The van der Waals surface area contributed by atoms with Gasteiger partial charge < -0.3 is 26.2 Å². The topological polar surface area (TPSA) is 128 Å². The maximum Gasteiger partial charge on any atom is 0.328 e. The summed E-state index contributed by atoms with van der Waals surface area (Å²) < 4.78 is 0. The molecule has 0 bridgehead atoms. The van der Waals surface area contributed by atoms with Crippen LogP contribution in [0.15, 0.2) is 54.6 Å². The van der Waals surface area contributed by atoms with Gasteiger partial charge in [-0.2, -0.15) is 0 Å². The van der Waals surface area contributed by atoms with Gasteiger partial charge >= 0.3 is 12.0 Å². The van der Waals surface area contributed by atoms with Crippen LogP contribution in [0.2, 0.25) is 5.02 Å². The number of benzene rings is 3. The summed E-state index contributed by atoms with van der Waals surface area (Å²) in [5.74, 6) is -2.13. The third kappa shape index (κ3) is 5.11. The average Bonchev–Trinajstić information content (AvgIpc) is 2.73. The van der Waals surface area contributed by atoms with Gasteiger partial charge in [-0.25, -0.2) is 9.59 Å². The first-order chi connectivity index (χ1) is 14.8.